The topological polar surface area (TPSA) is 47.1 Å². The molecule has 1 aromatic rings. The lowest BCUT2D eigenvalue weighted by Gasteiger charge is -2.33. The zero-order valence-corrected chi connectivity index (χ0v) is 14.1. The van der Waals surface area contributed by atoms with Gasteiger partial charge in [-0.3, -0.25) is 9.58 Å². The first-order chi connectivity index (χ1) is 9.38. The number of aryl methyl sites for hydroxylation is 2. The summed E-state index contributed by atoms with van der Waals surface area (Å²) in [7, 11) is 1.99. The molecule has 0 aromatic carbocycles. The zero-order chi connectivity index (χ0) is 15.3. The van der Waals surface area contributed by atoms with Crippen LogP contribution in [0.1, 0.15) is 51.9 Å². The number of nitrogens with two attached hydrogens (primary N) is 1. The minimum absolute atomic E-state index is 0.281. The van der Waals surface area contributed by atoms with Gasteiger partial charge in [0.25, 0.3) is 0 Å². The van der Waals surface area contributed by atoms with E-state index in [9.17, 15) is 0 Å². The van der Waals surface area contributed by atoms with Crippen LogP contribution < -0.4 is 5.73 Å². The SMILES string of the molecule is CCc1nn(C)cc1C(CN)N(CC(C)C)CC(C)C. The van der Waals surface area contributed by atoms with E-state index in [4.69, 9.17) is 5.73 Å². The average Bonchev–Trinajstić information content (AvgIpc) is 2.69. The lowest BCUT2D eigenvalue weighted by atomic mass is 10.0. The van der Waals surface area contributed by atoms with Crippen LogP contribution in [0.2, 0.25) is 0 Å². The summed E-state index contributed by atoms with van der Waals surface area (Å²) in [6, 6.07) is 0.281. The van der Waals surface area contributed by atoms with Crippen LogP contribution >= 0.6 is 0 Å². The molecule has 0 spiro atoms. The molecule has 0 saturated heterocycles. The van der Waals surface area contributed by atoms with E-state index in [1.54, 1.807) is 0 Å². The maximum atomic E-state index is 6.11. The molecule has 0 aliphatic rings. The van der Waals surface area contributed by atoms with E-state index in [1.807, 2.05) is 11.7 Å². The van der Waals surface area contributed by atoms with Crippen molar-refractivity contribution in [2.75, 3.05) is 19.6 Å². The third kappa shape index (κ3) is 4.60. The van der Waals surface area contributed by atoms with E-state index in [2.05, 4.69) is 50.8 Å². The molecule has 1 rings (SSSR count). The first kappa shape index (κ1) is 17.2. The summed E-state index contributed by atoms with van der Waals surface area (Å²) in [6.45, 7) is 14.1. The number of nitrogens with zero attached hydrogens (tertiary/aromatic N) is 3. The second kappa shape index (κ2) is 7.79. The standard InChI is InChI=1S/C16H32N4/c1-7-15-14(11-19(6)18-15)16(8-17)20(9-12(2)3)10-13(4)5/h11-13,16H,7-10,17H2,1-6H3. The van der Waals surface area contributed by atoms with E-state index in [-0.39, 0.29) is 6.04 Å². The van der Waals surface area contributed by atoms with Crippen molar-refractivity contribution in [2.24, 2.45) is 24.6 Å². The molecule has 1 aromatic heterocycles. The molecule has 2 N–H and O–H groups in total. The van der Waals surface area contributed by atoms with Crippen molar-refractivity contribution in [2.45, 2.75) is 47.1 Å². The maximum absolute atomic E-state index is 6.11. The summed E-state index contributed by atoms with van der Waals surface area (Å²) >= 11 is 0. The van der Waals surface area contributed by atoms with Crippen LogP contribution in [-0.4, -0.2) is 34.3 Å². The van der Waals surface area contributed by atoms with Gasteiger partial charge >= 0.3 is 0 Å². The molecule has 116 valence electrons. The number of aromatic nitrogens is 2. The first-order valence-electron chi connectivity index (χ1n) is 7.85. The lowest BCUT2D eigenvalue weighted by molar-refractivity contribution is 0.159. The van der Waals surface area contributed by atoms with Crippen molar-refractivity contribution >= 4 is 0 Å². The minimum Gasteiger partial charge on any atom is -0.329 e. The Morgan fingerprint density at radius 2 is 1.75 bits per heavy atom. The van der Waals surface area contributed by atoms with Crippen LogP contribution in [0.3, 0.4) is 0 Å². The average molecular weight is 280 g/mol. The molecule has 0 fully saturated rings. The second-order valence-electron chi connectivity index (χ2n) is 6.55. The van der Waals surface area contributed by atoms with Crippen LogP contribution in [0.5, 0.6) is 0 Å². The Labute approximate surface area is 124 Å². The number of hydrogen-bond acceptors (Lipinski definition) is 3. The predicted molar refractivity (Wildman–Crippen MR) is 85.6 cm³/mol. The van der Waals surface area contributed by atoms with Gasteiger partial charge in [0.1, 0.15) is 0 Å². The van der Waals surface area contributed by atoms with Crippen LogP contribution in [0, 0.1) is 11.8 Å². The molecule has 4 nitrogen and oxygen atoms in total. The summed E-state index contributed by atoms with van der Waals surface area (Å²) < 4.78 is 1.92. The predicted octanol–water partition coefficient (Wildman–Crippen LogP) is 2.60. The van der Waals surface area contributed by atoms with Crippen molar-refractivity contribution < 1.29 is 0 Å². The van der Waals surface area contributed by atoms with Crippen LogP contribution in [0.25, 0.3) is 0 Å². The minimum atomic E-state index is 0.281. The van der Waals surface area contributed by atoms with Crippen LogP contribution in [0.4, 0.5) is 0 Å². The second-order valence-corrected chi connectivity index (χ2v) is 6.55. The Morgan fingerprint density at radius 1 is 1.20 bits per heavy atom. The van der Waals surface area contributed by atoms with E-state index in [0.29, 0.717) is 18.4 Å². The highest BCUT2D eigenvalue weighted by Crippen LogP contribution is 2.25. The summed E-state index contributed by atoms with van der Waals surface area (Å²) in [5.74, 6) is 1.29. The van der Waals surface area contributed by atoms with Gasteiger partial charge in [0.05, 0.1) is 11.7 Å². The highest BCUT2D eigenvalue weighted by atomic mass is 15.3. The third-order valence-corrected chi connectivity index (χ3v) is 3.49. The highest BCUT2D eigenvalue weighted by Gasteiger charge is 2.24. The fourth-order valence-corrected chi connectivity index (χ4v) is 2.85. The zero-order valence-electron chi connectivity index (χ0n) is 14.1. The van der Waals surface area contributed by atoms with Gasteiger partial charge in [0.15, 0.2) is 0 Å². The normalized spacial score (nSPS) is 13.7. The molecule has 20 heavy (non-hydrogen) atoms. The van der Waals surface area contributed by atoms with Crippen molar-refractivity contribution in [3.63, 3.8) is 0 Å². The van der Waals surface area contributed by atoms with Crippen molar-refractivity contribution in [3.8, 4) is 0 Å². The Balaban J connectivity index is 3.04. The molecule has 4 heteroatoms. The van der Waals surface area contributed by atoms with Gasteiger partial charge in [-0.05, 0) is 18.3 Å². The number of hydrogen-bond donors (Lipinski definition) is 1. The van der Waals surface area contributed by atoms with Crippen LogP contribution in [-0.2, 0) is 13.5 Å². The Morgan fingerprint density at radius 3 is 2.15 bits per heavy atom. The lowest BCUT2D eigenvalue weighted by Crippen LogP contribution is -2.39. The Bertz CT molecular complexity index is 385. The molecule has 0 aliphatic heterocycles. The van der Waals surface area contributed by atoms with Gasteiger partial charge in [0.2, 0.25) is 0 Å². The summed E-state index contributed by atoms with van der Waals surface area (Å²) in [5, 5.41) is 4.57. The van der Waals surface area contributed by atoms with Gasteiger partial charge in [-0.2, -0.15) is 5.10 Å². The van der Waals surface area contributed by atoms with Crippen molar-refractivity contribution in [3.05, 3.63) is 17.5 Å². The first-order valence-corrected chi connectivity index (χ1v) is 7.85. The molecule has 1 heterocycles. The fourth-order valence-electron chi connectivity index (χ4n) is 2.85. The fraction of sp³-hybridized carbons (Fsp3) is 0.812. The maximum Gasteiger partial charge on any atom is 0.0670 e. The van der Waals surface area contributed by atoms with Crippen molar-refractivity contribution in [1.82, 2.24) is 14.7 Å². The molecular formula is C16H32N4. The summed E-state index contributed by atoms with van der Waals surface area (Å²) in [4.78, 5) is 2.53. The largest absolute Gasteiger partial charge is 0.329 e. The Hall–Kier alpha value is -0.870. The van der Waals surface area contributed by atoms with E-state index in [1.165, 1.54) is 11.3 Å². The van der Waals surface area contributed by atoms with Gasteiger partial charge in [0, 0.05) is 38.4 Å². The third-order valence-electron chi connectivity index (χ3n) is 3.49. The van der Waals surface area contributed by atoms with Crippen molar-refractivity contribution in [1.29, 1.82) is 0 Å². The molecule has 0 amide bonds. The molecular weight excluding hydrogens is 248 g/mol. The van der Waals surface area contributed by atoms with E-state index < -0.39 is 0 Å². The molecule has 0 saturated carbocycles. The summed E-state index contributed by atoms with van der Waals surface area (Å²) in [5.41, 5.74) is 8.60. The number of rotatable bonds is 8. The van der Waals surface area contributed by atoms with Gasteiger partial charge in [-0.25, -0.2) is 0 Å². The quantitative estimate of drug-likeness (QED) is 0.796. The molecule has 0 aliphatic carbocycles. The molecule has 1 unspecified atom stereocenters. The van der Waals surface area contributed by atoms with E-state index in [0.717, 1.165) is 19.5 Å². The molecule has 0 radical (unpaired) electrons. The highest BCUT2D eigenvalue weighted by molar-refractivity contribution is 5.22. The van der Waals surface area contributed by atoms with E-state index >= 15 is 0 Å². The van der Waals surface area contributed by atoms with Gasteiger partial charge in [-0.15, -0.1) is 0 Å². The molecule has 1 atom stereocenters. The monoisotopic (exact) mass is 280 g/mol. The Kier molecular flexibility index (Phi) is 6.69. The van der Waals surface area contributed by atoms with Gasteiger partial charge in [-0.1, -0.05) is 34.6 Å². The molecule has 0 bridgehead atoms. The van der Waals surface area contributed by atoms with Gasteiger partial charge < -0.3 is 5.73 Å². The smallest absolute Gasteiger partial charge is 0.0670 e. The van der Waals surface area contributed by atoms with Crippen LogP contribution in [0.15, 0.2) is 6.20 Å². The summed E-state index contributed by atoms with van der Waals surface area (Å²) in [6.07, 6.45) is 3.11.